The zero-order chi connectivity index (χ0) is 17.1. The molecule has 3 rings (SSSR count). The van der Waals surface area contributed by atoms with E-state index in [2.05, 4.69) is 33.2 Å². The summed E-state index contributed by atoms with van der Waals surface area (Å²) in [7, 11) is 3.78. The van der Waals surface area contributed by atoms with Gasteiger partial charge >= 0.3 is 0 Å². The van der Waals surface area contributed by atoms with Gasteiger partial charge in [-0.25, -0.2) is 0 Å². The maximum Gasteiger partial charge on any atom is 0.237 e. The van der Waals surface area contributed by atoms with Crippen molar-refractivity contribution in [1.29, 1.82) is 0 Å². The van der Waals surface area contributed by atoms with E-state index in [1.807, 2.05) is 25.1 Å². The van der Waals surface area contributed by atoms with Crippen molar-refractivity contribution in [3.05, 3.63) is 30.0 Å². The normalized spacial score (nSPS) is 17.8. The molecule has 24 heavy (non-hydrogen) atoms. The Labute approximate surface area is 142 Å². The topological polar surface area (TPSA) is 60.6 Å². The first-order valence-corrected chi connectivity index (χ1v) is 8.43. The molecule has 6 heteroatoms. The summed E-state index contributed by atoms with van der Waals surface area (Å²) in [5, 5.41) is 4.13. The predicted octanol–water partition coefficient (Wildman–Crippen LogP) is 1.43. The number of aromatic nitrogens is 1. The molecule has 0 saturated carbocycles. The van der Waals surface area contributed by atoms with E-state index in [0.717, 1.165) is 48.5 Å². The zero-order valence-corrected chi connectivity index (χ0v) is 14.6. The standard InChI is InChI=1S/C18H26N4O2/c1-13(22-8-6-21(2)7-9-22)18(23)19-12-15-10-14-11-16(24-3)4-5-17(14)20-15/h4-5,10-11,13,20H,6-9,12H2,1-3H3,(H,19,23). The lowest BCUT2D eigenvalue weighted by atomic mass is 10.2. The van der Waals surface area contributed by atoms with Gasteiger partial charge in [0.2, 0.25) is 5.91 Å². The quantitative estimate of drug-likeness (QED) is 0.871. The lowest BCUT2D eigenvalue weighted by molar-refractivity contribution is -0.126. The van der Waals surface area contributed by atoms with E-state index in [1.165, 1.54) is 0 Å². The number of H-pyrrole nitrogens is 1. The van der Waals surface area contributed by atoms with Crippen LogP contribution in [0.15, 0.2) is 24.3 Å². The fourth-order valence-corrected chi connectivity index (χ4v) is 3.10. The highest BCUT2D eigenvalue weighted by Gasteiger charge is 2.24. The lowest BCUT2D eigenvalue weighted by Crippen LogP contribution is -2.52. The zero-order valence-electron chi connectivity index (χ0n) is 14.6. The van der Waals surface area contributed by atoms with Crippen LogP contribution < -0.4 is 10.1 Å². The fraction of sp³-hybridized carbons (Fsp3) is 0.500. The van der Waals surface area contributed by atoms with Gasteiger partial charge in [-0.2, -0.15) is 0 Å². The molecule has 1 amide bonds. The maximum atomic E-state index is 12.4. The Morgan fingerprint density at radius 3 is 2.75 bits per heavy atom. The van der Waals surface area contributed by atoms with Crippen molar-refractivity contribution in [3.63, 3.8) is 0 Å². The number of aromatic amines is 1. The molecule has 6 nitrogen and oxygen atoms in total. The van der Waals surface area contributed by atoms with Crippen LogP contribution in [0.3, 0.4) is 0 Å². The van der Waals surface area contributed by atoms with Gasteiger partial charge in [0.15, 0.2) is 0 Å². The van der Waals surface area contributed by atoms with Crippen LogP contribution in [-0.2, 0) is 11.3 Å². The Hall–Kier alpha value is -2.05. The van der Waals surface area contributed by atoms with Crippen molar-refractivity contribution >= 4 is 16.8 Å². The van der Waals surface area contributed by atoms with Gasteiger partial charge in [-0.3, -0.25) is 9.69 Å². The van der Waals surface area contributed by atoms with E-state index in [-0.39, 0.29) is 11.9 Å². The smallest absolute Gasteiger partial charge is 0.237 e. The van der Waals surface area contributed by atoms with Crippen LogP contribution in [0.4, 0.5) is 0 Å². The van der Waals surface area contributed by atoms with E-state index in [4.69, 9.17) is 4.74 Å². The largest absolute Gasteiger partial charge is 0.497 e. The molecule has 1 fully saturated rings. The first-order valence-electron chi connectivity index (χ1n) is 8.43. The molecule has 1 atom stereocenters. The van der Waals surface area contributed by atoms with Crippen LogP contribution in [-0.4, -0.2) is 67.1 Å². The monoisotopic (exact) mass is 330 g/mol. The van der Waals surface area contributed by atoms with E-state index >= 15 is 0 Å². The van der Waals surface area contributed by atoms with E-state index < -0.39 is 0 Å². The van der Waals surface area contributed by atoms with Crippen LogP contribution >= 0.6 is 0 Å². The Bertz CT molecular complexity index is 704. The average Bonchev–Trinajstić information content (AvgIpc) is 3.01. The van der Waals surface area contributed by atoms with Gasteiger partial charge in [0.05, 0.1) is 19.7 Å². The van der Waals surface area contributed by atoms with Gasteiger partial charge in [-0.15, -0.1) is 0 Å². The Kier molecular flexibility index (Phi) is 5.06. The number of methoxy groups -OCH3 is 1. The Morgan fingerprint density at radius 1 is 1.29 bits per heavy atom. The summed E-state index contributed by atoms with van der Waals surface area (Å²) >= 11 is 0. The van der Waals surface area contributed by atoms with Crippen molar-refractivity contribution in [2.24, 2.45) is 0 Å². The Balaban J connectivity index is 1.57. The molecule has 1 aliphatic heterocycles. The third-order valence-corrected chi connectivity index (χ3v) is 4.80. The first kappa shape index (κ1) is 16.8. The molecule has 2 N–H and O–H groups in total. The summed E-state index contributed by atoms with van der Waals surface area (Å²) in [5.41, 5.74) is 2.05. The minimum atomic E-state index is -0.0943. The van der Waals surface area contributed by atoms with Crippen molar-refractivity contribution in [1.82, 2.24) is 20.1 Å². The van der Waals surface area contributed by atoms with Gasteiger partial charge in [-0.1, -0.05) is 0 Å². The number of hydrogen-bond donors (Lipinski definition) is 2. The van der Waals surface area contributed by atoms with Gasteiger partial charge in [0.1, 0.15) is 5.75 Å². The van der Waals surface area contributed by atoms with Crippen molar-refractivity contribution in [2.45, 2.75) is 19.5 Å². The molecule has 1 aromatic heterocycles. The first-order chi connectivity index (χ1) is 11.6. The third-order valence-electron chi connectivity index (χ3n) is 4.80. The Morgan fingerprint density at radius 2 is 2.04 bits per heavy atom. The second-order valence-electron chi connectivity index (χ2n) is 6.48. The van der Waals surface area contributed by atoms with Crippen LogP contribution in [0.25, 0.3) is 10.9 Å². The van der Waals surface area contributed by atoms with Crippen LogP contribution in [0, 0.1) is 0 Å². The molecule has 0 spiro atoms. The lowest BCUT2D eigenvalue weighted by Gasteiger charge is -2.35. The third kappa shape index (κ3) is 3.71. The van der Waals surface area contributed by atoms with Crippen molar-refractivity contribution < 1.29 is 9.53 Å². The number of likely N-dealkylation sites (N-methyl/N-ethyl adjacent to an activating group) is 1. The van der Waals surface area contributed by atoms with Gasteiger partial charge in [0, 0.05) is 42.8 Å². The molecule has 130 valence electrons. The number of amides is 1. The van der Waals surface area contributed by atoms with Gasteiger partial charge in [-0.05, 0) is 38.2 Å². The number of piperazine rings is 1. The van der Waals surface area contributed by atoms with Gasteiger partial charge < -0.3 is 19.9 Å². The second kappa shape index (κ2) is 7.23. The fourth-order valence-electron chi connectivity index (χ4n) is 3.10. The summed E-state index contributed by atoms with van der Waals surface area (Å²) < 4.78 is 5.24. The SMILES string of the molecule is COc1ccc2[nH]c(CNC(=O)C(C)N3CCN(C)CC3)cc2c1. The predicted molar refractivity (Wildman–Crippen MR) is 95.2 cm³/mol. The summed E-state index contributed by atoms with van der Waals surface area (Å²) in [5.74, 6) is 0.913. The average molecular weight is 330 g/mol. The number of ether oxygens (including phenoxy) is 1. The number of fused-ring (bicyclic) bond motifs is 1. The molecule has 1 unspecified atom stereocenters. The molecule has 0 aliphatic carbocycles. The number of carbonyl (C=O) groups is 1. The number of benzene rings is 1. The molecule has 2 heterocycles. The minimum absolute atomic E-state index is 0.0794. The number of nitrogens with zero attached hydrogens (tertiary/aromatic N) is 2. The molecule has 0 bridgehead atoms. The molecule has 2 aromatic rings. The van der Waals surface area contributed by atoms with E-state index in [9.17, 15) is 4.79 Å². The highest BCUT2D eigenvalue weighted by molar-refractivity contribution is 5.83. The van der Waals surface area contributed by atoms with Crippen LogP contribution in [0.5, 0.6) is 5.75 Å². The van der Waals surface area contributed by atoms with E-state index in [0.29, 0.717) is 6.54 Å². The van der Waals surface area contributed by atoms with Gasteiger partial charge in [0.25, 0.3) is 0 Å². The summed E-state index contributed by atoms with van der Waals surface area (Å²) in [6.45, 7) is 6.40. The number of nitrogens with one attached hydrogen (secondary N) is 2. The molecular weight excluding hydrogens is 304 g/mol. The summed E-state index contributed by atoms with van der Waals surface area (Å²) in [4.78, 5) is 20.3. The maximum absolute atomic E-state index is 12.4. The van der Waals surface area contributed by atoms with E-state index in [1.54, 1.807) is 7.11 Å². The summed E-state index contributed by atoms with van der Waals surface area (Å²) in [6.07, 6.45) is 0. The number of carbonyl (C=O) groups excluding carboxylic acids is 1. The van der Waals surface area contributed by atoms with Crippen LogP contribution in [0.1, 0.15) is 12.6 Å². The molecule has 1 saturated heterocycles. The minimum Gasteiger partial charge on any atom is -0.497 e. The number of rotatable bonds is 5. The van der Waals surface area contributed by atoms with Crippen molar-refractivity contribution in [2.75, 3.05) is 40.3 Å². The highest BCUT2D eigenvalue weighted by atomic mass is 16.5. The highest BCUT2D eigenvalue weighted by Crippen LogP contribution is 2.21. The van der Waals surface area contributed by atoms with Crippen molar-refractivity contribution in [3.8, 4) is 5.75 Å². The molecule has 1 aromatic carbocycles. The van der Waals surface area contributed by atoms with Crippen LogP contribution in [0.2, 0.25) is 0 Å². The second-order valence-corrected chi connectivity index (χ2v) is 6.48. The number of hydrogen-bond acceptors (Lipinski definition) is 4. The molecular formula is C18H26N4O2. The molecule has 1 aliphatic rings. The molecule has 0 radical (unpaired) electrons. The summed E-state index contributed by atoms with van der Waals surface area (Å²) in [6, 6.07) is 7.87.